The van der Waals surface area contributed by atoms with E-state index in [2.05, 4.69) is 40.4 Å². The number of nitrogens with one attached hydrogen (secondary N) is 2. The molecule has 0 saturated heterocycles. The first kappa shape index (κ1) is 23.2. The highest BCUT2D eigenvalue weighted by Gasteiger charge is 2.43. The maximum Gasteiger partial charge on any atom is 0.257 e. The molecule has 168 valence electrons. The normalized spacial score (nSPS) is 18.4. The topological polar surface area (TPSA) is 96.2 Å². The van der Waals surface area contributed by atoms with Gasteiger partial charge in [0.25, 0.3) is 5.56 Å². The second kappa shape index (κ2) is 9.34. The van der Waals surface area contributed by atoms with E-state index in [-0.39, 0.29) is 29.4 Å². The molecular formula is C25H30FN5O. The highest BCUT2D eigenvalue weighted by atomic mass is 19.1. The lowest BCUT2D eigenvalue weighted by atomic mass is 9.75. The maximum absolute atomic E-state index is 13.9. The van der Waals surface area contributed by atoms with E-state index in [1.54, 1.807) is 24.3 Å². The first-order chi connectivity index (χ1) is 15.2. The van der Waals surface area contributed by atoms with Gasteiger partial charge in [0.05, 0.1) is 23.2 Å². The summed E-state index contributed by atoms with van der Waals surface area (Å²) in [6.45, 7) is 14.4. The fraction of sp³-hybridized carbons (Fsp3) is 0.320. The van der Waals surface area contributed by atoms with Crippen molar-refractivity contribution in [2.24, 2.45) is 10.7 Å². The lowest BCUT2D eigenvalue weighted by Gasteiger charge is -2.27. The molecule has 0 radical (unpaired) electrons. The number of hydrogen-bond donors (Lipinski definition) is 3. The predicted octanol–water partition coefficient (Wildman–Crippen LogP) is 4.81. The van der Waals surface area contributed by atoms with Gasteiger partial charge in [-0.15, -0.1) is 0 Å². The molecule has 1 aromatic carbocycles. The van der Waals surface area contributed by atoms with Gasteiger partial charge in [-0.1, -0.05) is 57.2 Å². The molecule has 0 aliphatic carbocycles. The first-order valence-electron chi connectivity index (χ1n) is 10.8. The summed E-state index contributed by atoms with van der Waals surface area (Å²) in [5, 5.41) is 3.14. The number of aliphatic imine (C=N–C) groups is 1. The molecule has 1 aliphatic heterocycles. The zero-order valence-electron chi connectivity index (χ0n) is 18.9. The number of aromatic amines is 1. The van der Waals surface area contributed by atoms with Gasteiger partial charge < -0.3 is 16.0 Å². The van der Waals surface area contributed by atoms with E-state index >= 15 is 0 Å². The third kappa shape index (κ3) is 4.28. The maximum atomic E-state index is 13.9. The second-order valence-corrected chi connectivity index (χ2v) is 8.07. The Balaban J connectivity index is 1.94. The average molecular weight is 436 g/mol. The van der Waals surface area contributed by atoms with Crippen molar-refractivity contribution in [3.05, 3.63) is 87.9 Å². The zero-order valence-corrected chi connectivity index (χ0v) is 18.9. The summed E-state index contributed by atoms with van der Waals surface area (Å²) in [5.74, 6) is 0.380. The Kier molecular flexibility index (Phi) is 6.77. The number of nitrogens with zero attached hydrogens (tertiary/aromatic N) is 2. The molecule has 0 saturated carbocycles. The van der Waals surface area contributed by atoms with Gasteiger partial charge in [-0.25, -0.2) is 9.37 Å². The molecule has 0 amide bonds. The zero-order chi connectivity index (χ0) is 23.5. The molecule has 2 aromatic rings. The van der Waals surface area contributed by atoms with E-state index < -0.39 is 5.41 Å². The van der Waals surface area contributed by atoms with Crippen molar-refractivity contribution in [1.29, 1.82) is 0 Å². The minimum absolute atomic E-state index is 0.201. The summed E-state index contributed by atoms with van der Waals surface area (Å²) in [4.78, 5) is 24.8. The van der Waals surface area contributed by atoms with Crippen LogP contribution in [-0.4, -0.2) is 15.7 Å². The number of H-pyrrole nitrogens is 1. The summed E-state index contributed by atoms with van der Waals surface area (Å²) in [6.07, 6.45) is 3.94. The number of fused-ring (bicyclic) bond motifs is 1. The number of anilines is 1. The van der Waals surface area contributed by atoms with Gasteiger partial charge in [0, 0.05) is 17.0 Å². The smallest absolute Gasteiger partial charge is 0.257 e. The molecule has 0 fully saturated rings. The highest BCUT2D eigenvalue weighted by Crippen LogP contribution is 2.45. The lowest BCUT2D eigenvalue weighted by Crippen LogP contribution is -2.31. The second-order valence-electron chi connectivity index (χ2n) is 8.07. The Bertz CT molecular complexity index is 1180. The number of halogens is 1. The van der Waals surface area contributed by atoms with Crippen LogP contribution in [0.4, 0.5) is 10.2 Å². The summed E-state index contributed by atoms with van der Waals surface area (Å²) < 4.78 is 13.9. The summed E-state index contributed by atoms with van der Waals surface area (Å²) >= 11 is 0. The van der Waals surface area contributed by atoms with Crippen LogP contribution in [0, 0.1) is 5.82 Å². The molecule has 3 rings (SSSR count). The molecule has 4 N–H and O–H groups in total. The van der Waals surface area contributed by atoms with Gasteiger partial charge >= 0.3 is 0 Å². The number of allylic oxidation sites excluding steroid dienone is 2. The van der Waals surface area contributed by atoms with Crippen molar-refractivity contribution in [1.82, 2.24) is 9.97 Å². The van der Waals surface area contributed by atoms with E-state index in [0.29, 0.717) is 34.8 Å². The fourth-order valence-electron chi connectivity index (χ4n) is 3.85. The number of aromatic nitrogens is 2. The van der Waals surface area contributed by atoms with Crippen LogP contribution in [0.3, 0.4) is 0 Å². The Morgan fingerprint density at radius 2 is 2.06 bits per heavy atom. The van der Waals surface area contributed by atoms with Crippen LogP contribution in [0.15, 0.2) is 64.6 Å². The molecule has 1 aromatic heterocycles. The van der Waals surface area contributed by atoms with Crippen molar-refractivity contribution >= 4 is 17.2 Å². The van der Waals surface area contributed by atoms with Crippen LogP contribution in [-0.2, 0) is 12.0 Å². The van der Waals surface area contributed by atoms with Crippen LogP contribution in [0.2, 0.25) is 0 Å². The third-order valence-corrected chi connectivity index (χ3v) is 5.92. The van der Waals surface area contributed by atoms with Gasteiger partial charge in [-0.05, 0) is 31.9 Å². The van der Waals surface area contributed by atoms with E-state index in [4.69, 9.17) is 5.73 Å². The molecule has 1 atom stereocenters. The number of hydrogen-bond acceptors (Lipinski definition) is 5. The molecule has 0 bridgehead atoms. The monoisotopic (exact) mass is 435 g/mol. The minimum Gasteiger partial charge on any atom is -0.396 e. The lowest BCUT2D eigenvalue weighted by molar-refractivity contribution is 0.611. The summed E-state index contributed by atoms with van der Waals surface area (Å²) in [7, 11) is 0. The van der Waals surface area contributed by atoms with Crippen LogP contribution in [0.5, 0.6) is 0 Å². The van der Waals surface area contributed by atoms with E-state index in [1.165, 1.54) is 6.07 Å². The number of rotatable bonds is 8. The first-order valence-corrected chi connectivity index (χ1v) is 10.8. The van der Waals surface area contributed by atoms with Crippen molar-refractivity contribution < 1.29 is 4.39 Å². The largest absolute Gasteiger partial charge is 0.396 e. The van der Waals surface area contributed by atoms with Crippen molar-refractivity contribution in [2.45, 2.75) is 52.0 Å². The molecule has 6 nitrogen and oxygen atoms in total. The molecule has 7 heteroatoms. The molecule has 0 spiro atoms. The van der Waals surface area contributed by atoms with Crippen molar-refractivity contribution in [3.8, 4) is 0 Å². The van der Waals surface area contributed by atoms with Crippen LogP contribution in [0.1, 0.15) is 57.0 Å². The predicted molar refractivity (Wildman–Crippen MR) is 129 cm³/mol. The van der Waals surface area contributed by atoms with E-state index in [1.807, 2.05) is 13.8 Å². The molecular weight excluding hydrogens is 405 g/mol. The van der Waals surface area contributed by atoms with Crippen LogP contribution >= 0.6 is 0 Å². The Morgan fingerprint density at radius 1 is 1.34 bits per heavy atom. The van der Waals surface area contributed by atoms with Gasteiger partial charge in [0.1, 0.15) is 11.6 Å². The van der Waals surface area contributed by atoms with Crippen molar-refractivity contribution in [3.63, 3.8) is 0 Å². The molecule has 2 heterocycles. The number of nitrogens with two attached hydrogens (primary N) is 1. The average Bonchev–Trinajstić information content (AvgIpc) is 3.03. The third-order valence-electron chi connectivity index (χ3n) is 5.92. The SMILES string of the molecule is C=C(CCC)C1(C)C(=C)Nc2nc(C(N)=CC(CC)=NCc3ccccc3F)[nH]c(=O)c21. The highest BCUT2D eigenvalue weighted by molar-refractivity contribution is 5.99. The van der Waals surface area contributed by atoms with Crippen molar-refractivity contribution in [2.75, 3.05) is 5.32 Å². The van der Waals surface area contributed by atoms with Gasteiger partial charge in [-0.3, -0.25) is 9.79 Å². The quantitative estimate of drug-likeness (QED) is 0.409. The van der Waals surface area contributed by atoms with Gasteiger partial charge in [0.15, 0.2) is 5.82 Å². The molecule has 1 unspecified atom stereocenters. The number of benzene rings is 1. The van der Waals surface area contributed by atoms with Gasteiger partial charge in [-0.2, -0.15) is 0 Å². The Morgan fingerprint density at radius 3 is 2.72 bits per heavy atom. The minimum atomic E-state index is -0.696. The van der Waals surface area contributed by atoms with Gasteiger partial charge in [0.2, 0.25) is 0 Å². The van der Waals surface area contributed by atoms with E-state index in [0.717, 1.165) is 18.4 Å². The van der Waals surface area contributed by atoms with Crippen LogP contribution in [0.25, 0.3) is 5.70 Å². The summed E-state index contributed by atoms with van der Waals surface area (Å²) in [5.41, 5.74) is 8.80. The van der Waals surface area contributed by atoms with Crippen LogP contribution < -0.4 is 16.6 Å². The Hall–Kier alpha value is -3.48. The molecule has 1 aliphatic rings. The van der Waals surface area contributed by atoms with E-state index in [9.17, 15) is 9.18 Å². The standard InChI is InChI=1S/C25H30FN5O/c1-6-10-15(3)25(5)16(4)29-23-21(25)24(32)31-22(30-23)20(27)13-18(7-2)28-14-17-11-8-9-12-19(17)26/h8-9,11-13H,3-4,6-7,10,14,27H2,1-2,5H3,(H2,29,30,31,32). The fourth-order valence-corrected chi connectivity index (χ4v) is 3.85. The molecule has 32 heavy (non-hydrogen) atoms. The summed E-state index contributed by atoms with van der Waals surface area (Å²) in [6, 6.07) is 6.51. The Labute approximate surface area is 187 Å².